The highest BCUT2D eigenvalue weighted by atomic mass is 32.2. The maximum Gasteiger partial charge on any atom is 0.233 e. The molecule has 0 aliphatic heterocycles. The third-order valence-corrected chi connectivity index (χ3v) is 6.13. The smallest absolute Gasteiger partial charge is 0.233 e. The molecule has 7 heteroatoms. The van der Waals surface area contributed by atoms with E-state index in [1.165, 1.54) is 23.1 Å². The van der Waals surface area contributed by atoms with E-state index >= 15 is 0 Å². The Kier molecular flexibility index (Phi) is 7.22. The molecule has 0 atom stereocenters. The van der Waals surface area contributed by atoms with Gasteiger partial charge in [0.05, 0.1) is 11.8 Å². The van der Waals surface area contributed by atoms with Crippen molar-refractivity contribution in [3.8, 4) is 0 Å². The van der Waals surface area contributed by atoms with Crippen LogP contribution >= 0.6 is 23.1 Å². The summed E-state index contributed by atoms with van der Waals surface area (Å²) in [4.78, 5) is 14.7. The van der Waals surface area contributed by atoms with E-state index in [0.29, 0.717) is 12.3 Å². The number of carbonyl (C=O) groups excluding carboxylic acids is 1. The lowest BCUT2D eigenvalue weighted by Crippen LogP contribution is -2.33. The third-order valence-electron chi connectivity index (χ3n) is 4.13. The van der Waals surface area contributed by atoms with Crippen LogP contribution in [0.2, 0.25) is 0 Å². The second-order valence-corrected chi connectivity index (χ2v) is 8.26. The van der Waals surface area contributed by atoms with Gasteiger partial charge in [0.2, 0.25) is 11.0 Å². The van der Waals surface area contributed by atoms with Gasteiger partial charge in [-0.15, -0.1) is 16.8 Å². The van der Waals surface area contributed by atoms with Crippen LogP contribution in [0.5, 0.6) is 0 Å². The van der Waals surface area contributed by atoms with Gasteiger partial charge in [-0.05, 0) is 11.1 Å². The lowest BCUT2D eigenvalue weighted by atomic mass is 9.97. The van der Waals surface area contributed by atoms with Crippen molar-refractivity contribution in [1.82, 2.24) is 15.1 Å². The van der Waals surface area contributed by atoms with E-state index in [1.54, 1.807) is 11.0 Å². The standard InChI is InChI=1S/C21H22N4OS2/c1-3-14-22-20-23-24-21(28-20)27-15-18(26)25(2)19(16-10-6-4-7-11-16)17-12-8-5-9-13-17/h3-13,19H,1,14-15H2,2H3,(H,22,23). The molecule has 0 saturated carbocycles. The number of hydrogen-bond acceptors (Lipinski definition) is 6. The van der Waals surface area contributed by atoms with Crippen LogP contribution in [-0.4, -0.2) is 40.3 Å². The Labute approximate surface area is 173 Å². The third kappa shape index (κ3) is 5.21. The van der Waals surface area contributed by atoms with Crippen LogP contribution in [-0.2, 0) is 4.79 Å². The van der Waals surface area contributed by atoms with Crippen LogP contribution in [0.3, 0.4) is 0 Å². The minimum atomic E-state index is -0.130. The van der Waals surface area contributed by atoms with Gasteiger partial charge in [-0.2, -0.15) is 0 Å². The summed E-state index contributed by atoms with van der Waals surface area (Å²) < 4.78 is 0.768. The number of nitrogens with one attached hydrogen (secondary N) is 1. The normalized spacial score (nSPS) is 10.6. The van der Waals surface area contributed by atoms with Gasteiger partial charge < -0.3 is 10.2 Å². The van der Waals surface area contributed by atoms with E-state index in [2.05, 4.69) is 46.4 Å². The highest BCUT2D eigenvalue weighted by Gasteiger charge is 2.23. The van der Waals surface area contributed by atoms with E-state index in [9.17, 15) is 4.79 Å². The molecule has 1 N–H and O–H groups in total. The van der Waals surface area contributed by atoms with Crippen LogP contribution in [0.4, 0.5) is 5.13 Å². The molecule has 2 aromatic carbocycles. The quantitative estimate of drug-likeness (QED) is 0.416. The predicted octanol–water partition coefficient (Wildman–Crippen LogP) is 4.48. The van der Waals surface area contributed by atoms with Gasteiger partial charge in [0.1, 0.15) is 0 Å². The molecule has 0 aliphatic rings. The Morgan fingerprint density at radius 2 is 1.75 bits per heavy atom. The van der Waals surface area contributed by atoms with E-state index in [-0.39, 0.29) is 11.9 Å². The largest absolute Gasteiger partial charge is 0.357 e. The number of rotatable bonds is 9. The Bertz CT molecular complexity index is 860. The van der Waals surface area contributed by atoms with Crippen LogP contribution in [0.1, 0.15) is 17.2 Å². The monoisotopic (exact) mass is 410 g/mol. The SMILES string of the molecule is C=CCNc1nnc(SCC(=O)N(C)C(c2ccccc2)c2ccccc2)s1. The maximum absolute atomic E-state index is 12.9. The van der Waals surface area contributed by atoms with Gasteiger partial charge in [-0.25, -0.2) is 0 Å². The van der Waals surface area contributed by atoms with Crippen LogP contribution < -0.4 is 5.32 Å². The predicted molar refractivity (Wildman–Crippen MR) is 117 cm³/mol. The summed E-state index contributed by atoms with van der Waals surface area (Å²) in [6.45, 7) is 4.30. The lowest BCUT2D eigenvalue weighted by molar-refractivity contribution is -0.128. The number of aromatic nitrogens is 2. The fourth-order valence-corrected chi connectivity index (χ4v) is 4.46. The van der Waals surface area contributed by atoms with Gasteiger partial charge in [-0.1, -0.05) is 89.8 Å². The van der Waals surface area contributed by atoms with Crippen LogP contribution in [0.25, 0.3) is 0 Å². The zero-order valence-electron chi connectivity index (χ0n) is 15.6. The topological polar surface area (TPSA) is 58.1 Å². The Balaban J connectivity index is 1.70. The zero-order valence-corrected chi connectivity index (χ0v) is 17.2. The summed E-state index contributed by atoms with van der Waals surface area (Å²) in [5.74, 6) is 0.349. The summed E-state index contributed by atoms with van der Waals surface area (Å²) in [5, 5.41) is 12.0. The first-order chi connectivity index (χ1) is 13.7. The number of hydrogen-bond donors (Lipinski definition) is 1. The van der Waals surface area contributed by atoms with Crippen molar-refractivity contribution in [1.29, 1.82) is 0 Å². The molecule has 3 rings (SSSR count). The first kappa shape index (κ1) is 20.1. The average molecular weight is 411 g/mol. The van der Waals surface area contributed by atoms with Gasteiger partial charge in [0.15, 0.2) is 4.34 Å². The van der Waals surface area contributed by atoms with Crippen molar-refractivity contribution in [3.05, 3.63) is 84.4 Å². The Morgan fingerprint density at radius 3 is 2.32 bits per heavy atom. The van der Waals surface area contributed by atoms with Gasteiger partial charge >= 0.3 is 0 Å². The summed E-state index contributed by atoms with van der Waals surface area (Å²) in [6.07, 6.45) is 1.76. The zero-order chi connectivity index (χ0) is 19.8. The summed E-state index contributed by atoms with van der Waals surface area (Å²) in [7, 11) is 1.85. The number of carbonyl (C=O) groups is 1. The highest BCUT2D eigenvalue weighted by Crippen LogP contribution is 2.30. The van der Waals surface area contributed by atoms with Crippen LogP contribution in [0.15, 0.2) is 77.7 Å². The molecule has 28 heavy (non-hydrogen) atoms. The number of anilines is 1. The molecule has 0 radical (unpaired) electrons. The maximum atomic E-state index is 12.9. The van der Waals surface area contributed by atoms with Crippen LogP contribution in [0, 0.1) is 0 Å². The second-order valence-electron chi connectivity index (χ2n) is 6.06. The fourth-order valence-electron chi connectivity index (χ4n) is 2.78. The Morgan fingerprint density at radius 1 is 1.14 bits per heavy atom. The molecule has 0 aliphatic carbocycles. The molecule has 1 heterocycles. The Hall–Kier alpha value is -2.64. The molecule has 3 aromatic rings. The summed E-state index contributed by atoms with van der Waals surface area (Å²) in [5.41, 5.74) is 2.17. The first-order valence-electron chi connectivity index (χ1n) is 8.85. The fraction of sp³-hybridized carbons (Fsp3) is 0.190. The second kappa shape index (κ2) is 10.1. The molecule has 5 nitrogen and oxygen atoms in total. The number of amides is 1. The summed E-state index contributed by atoms with van der Waals surface area (Å²) in [6, 6.07) is 20.0. The minimum absolute atomic E-state index is 0.0403. The van der Waals surface area contributed by atoms with Gasteiger partial charge in [0.25, 0.3) is 0 Å². The molecule has 144 valence electrons. The molecule has 0 saturated heterocycles. The first-order valence-corrected chi connectivity index (χ1v) is 10.7. The molecule has 0 fully saturated rings. The van der Waals surface area contributed by atoms with E-state index in [1.807, 2.05) is 43.4 Å². The molecular weight excluding hydrogens is 388 g/mol. The molecule has 0 spiro atoms. The van der Waals surface area contributed by atoms with Crippen molar-refractivity contribution < 1.29 is 4.79 Å². The van der Waals surface area contributed by atoms with Crippen molar-refractivity contribution >= 4 is 34.1 Å². The highest BCUT2D eigenvalue weighted by molar-refractivity contribution is 8.01. The van der Waals surface area contributed by atoms with Crippen molar-refractivity contribution in [2.75, 3.05) is 24.7 Å². The van der Waals surface area contributed by atoms with Gasteiger partial charge in [0, 0.05) is 13.6 Å². The molecule has 1 amide bonds. The van der Waals surface area contributed by atoms with E-state index in [4.69, 9.17) is 0 Å². The van der Waals surface area contributed by atoms with Crippen molar-refractivity contribution in [3.63, 3.8) is 0 Å². The molecular formula is C21H22N4OS2. The number of thioether (sulfide) groups is 1. The lowest BCUT2D eigenvalue weighted by Gasteiger charge is -2.29. The number of nitrogens with zero attached hydrogens (tertiary/aromatic N) is 3. The average Bonchev–Trinajstić information content (AvgIpc) is 3.20. The number of benzene rings is 2. The van der Waals surface area contributed by atoms with Crippen molar-refractivity contribution in [2.24, 2.45) is 0 Å². The molecule has 1 aromatic heterocycles. The summed E-state index contributed by atoms with van der Waals surface area (Å²) >= 11 is 2.85. The molecule has 0 bridgehead atoms. The van der Waals surface area contributed by atoms with E-state index < -0.39 is 0 Å². The van der Waals surface area contributed by atoms with E-state index in [0.717, 1.165) is 20.6 Å². The van der Waals surface area contributed by atoms with Crippen molar-refractivity contribution in [2.45, 2.75) is 10.4 Å². The van der Waals surface area contributed by atoms with Gasteiger partial charge in [-0.3, -0.25) is 4.79 Å². The molecule has 0 unspecified atom stereocenters. The minimum Gasteiger partial charge on any atom is -0.357 e.